The monoisotopic (exact) mass is 400 g/mol. The highest BCUT2D eigenvalue weighted by Crippen LogP contribution is 2.32. The minimum absolute atomic E-state index is 0.297. The van der Waals surface area contributed by atoms with E-state index in [0.717, 1.165) is 11.1 Å². The lowest BCUT2D eigenvalue weighted by atomic mass is 9.92. The summed E-state index contributed by atoms with van der Waals surface area (Å²) in [6.07, 6.45) is 3.50. The molecule has 0 aliphatic carbocycles. The number of rotatable bonds is 5. The number of anilines is 1. The van der Waals surface area contributed by atoms with Crippen LogP contribution in [0.2, 0.25) is 0 Å². The van der Waals surface area contributed by atoms with Gasteiger partial charge in [0.25, 0.3) is 5.91 Å². The van der Waals surface area contributed by atoms with Gasteiger partial charge in [-0.15, -0.1) is 0 Å². The van der Waals surface area contributed by atoms with Crippen LogP contribution in [-0.4, -0.2) is 52.5 Å². The average Bonchev–Trinajstić information content (AvgIpc) is 3.11. The molecule has 0 saturated carbocycles. The Morgan fingerprint density at radius 3 is 2.76 bits per heavy atom. The number of benzene rings is 1. The highest BCUT2D eigenvalue weighted by molar-refractivity contribution is 5.97. The summed E-state index contributed by atoms with van der Waals surface area (Å²) in [5.74, 6) is -0.297. The summed E-state index contributed by atoms with van der Waals surface area (Å²) >= 11 is 0. The molecule has 3 rings (SSSR count). The fourth-order valence-corrected chi connectivity index (χ4v) is 3.31. The number of methoxy groups -OCH3 is 1. The van der Waals surface area contributed by atoms with Crippen LogP contribution in [0.15, 0.2) is 36.7 Å². The zero-order valence-corrected chi connectivity index (χ0v) is 17.3. The standard InChI is InChI=1S/C21H28N4O4/c1-21(2,3)29-20(27)25-10-9-15-7-5-6-8-17(15)18(25)19(26)23-16-13-22-24(14-16)11-12-28-4/h5-8,13-14,18H,9-12H2,1-4H3,(H,23,26)/t18-/m1/s1. The molecule has 0 fully saturated rings. The van der Waals surface area contributed by atoms with E-state index >= 15 is 0 Å². The highest BCUT2D eigenvalue weighted by atomic mass is 16.6. The van der Waals surface area contributed by atoms with Crippen molar-refractivity contribution in [2.24, 2.45) is 0 Å². The second kappa shape index (κ2) is 8.65. The van der Waals surface area contributed by atoms with Gasteiger partial charge in [-0.1, -0.05) is 24.3 Å². The van der Waals surface area contributed by atoms with Crippen LogP contribution in [-0.2, 0) is 27.2 Å². The first kappa shape index (κ1) is 20.9. The molecule has 1 atom stereocenters. The quantitative estimate of drug-likeness (QED) is 0.834. The largest absolute Gasteiger partial charge is 0.444 e. The second-order valence-corrected chi connectivity index (χ2v) is 8.00. The van der Waals surface area contributed by atoms with Crippen molar-refractivity contribution in [1.29, 1.82) is 0 Å². The van der Waals surface area contributed by atoms with Crippen LogP contribution in [0.25, 0.3) is 0 Å². The second-order valence-electron chi connectivity index (χ2n) is 8.00. The van der Waals surface area contributed by atoms with Gasteiger partial charge in [-0.25, -0.2) is 4.79 Å². The van der Waals surface area contributed by atoms with E-state index < -0.39 is 17.7 Å². The van der Waals surface area contributed by atoms with Crippen molar-refractivity contribution in [2.45, 2.75) is 45.4 Å². The maximum atomic E-state index is 13.2. The Bertz CT molecular complexity index is 872. The Morgan fingerprint density at radius 2 is 2.03 bits per heavy atom. The van der Waals surface area contributed by atoms with Gasteiger partial charge in [0, 0.05) is 19.9 Å². The van der Waals surface area contributed by atoms with Gasteiger partial charge in [-0.2, -0.15) is 5.10 Å². The van der Waals surface area contributed by atoms with E-state index in [1.165, 1.54) is 4.90 Å². The first-order chi connectivity index (χ1) is 13.8. The third-order valence-corrected chi connectivity index (χ3v) is 4.59. The summed E-state index contributed by atoms with van der Waals surface area (Å²) in [5.41, 5.74) is 1.80. The summed E-state index contributed by atoms with van der Waals surface area (Å²) in [6.45, 7) is 6.96. The van der Waals surface area contributed by atoms with Gasteiger partial charge in [-0.05, 0) is 38.3 Å². The lowest BCUT2D eigenvalue weighted by molar-refractivity contribution is -0.121. The van der Waals surface area contributed by atoms with Gasteiger partial charge in [0.2, 0.25) is 0 Å². The fourth-order valence-electron chi connectivity index (χ4n) is 3.31. The number of ether oxygens (including phenoxy) is 2. The van der Waals surface area contributed by atoms with Gasteiger partial charge < -0.3 is 14.8 Å². The van der Waals surface area contributed by atoms with E-state index in [1.807, 2.05) is 45.0 Å². The van der Waals surface area contributed by atoms with Crippen molar-refractivity contribution in [3.05, 3.63) is 47.8 Å². The maximum absolute atomic E-state index is 13.2. The van der Waals surface area contributed by atoms with E-state index in [1.54, 1.807) is 24.2 Å². The predicted octanol–water partition coefficient (Wildman–Crippen LogP) is 3.00. The van der Waals surface area contributed by atoms with Gasteiger partial charge in [-0.3, -0.25) is 14.4 Å². The summed E-state index contributed by atoms with van der Waals surface area (Å²) in [6, 6.07) is 6.93. The molecule has 29 heavy (non-hydrogen) atoms. The Morgan fingerprint density at radius 1 is 1.28 bits per heavy atom. The van der Waals surface area contributed by atoms with Gasteiger partial charge >= 0.3 is 6.09 Å². The number of nitrogens with one attached hydrogen (secondary N) is 1. The predicted molar refractivity (Wildman–Crippen MR) is 109 cm³/mol. The molecule has 0 spiro atoms. The highest BCUT2D eigenvalue weighted by Gasteiger charge is 2.38. The lowest BCUT2D eigenvalue weighted by Gasteiger charge is -2.37. The number of hydrogen-bond acceptors (Lipinski definition) is 5. The van der Waals surface area contributed by atoms with Crippen LogP contribution >= 0.6 is 0 Å². The molecule has 1 N–H and O–H groups in total. The number of aromatic nitrogens is 2. The van der Waals surface area contributed by atoms with Gasteiger partial charge in [0.05, 0.1) is 25.0 Å². The first-order valence-electron chi connectivity index (χ1n) is 9.68. The summed E-state index contributed by atoms with van der Waals surface area (Å²) in [4.78, 5) is 27.5. The van der Waals surface area contributed by atoms with E-state index in [0.29, 0.717) is 31.8 Å². The van der Waals surface area contributed by atoms with Crippen LogP contribution in [0.5, 0.6) is 0 Å². The van der Waals surface area contributed by atoms with Crippen LogP contribution in [0, 0.1) is 0 Å². The summed E-state index contributed by atoms with van der Waals surface area (Å²) in [5, 5.41) is 7.10. The van der Waals surface area contributed by atoms with Crippen molar-refractivity contribution in [2.75, 3.05) is 25.6 Å². The molecule has 0 saturated heterocycles. The van der Waals surface area contributed by atoms with Crippen molar-refractivity contribution in [3.8, 4) is 0 Å². The van der Waals surface area contributed by atoms with E-state index in [9.17, 15) is 9.59 Å². The smallest absolute Gasteiger partial charge is 0.411 e. The number of carbonyl (C=O) groups excluding carboxylic acids is 2. The summed E-state index contributed by atoms with van der Waals surface area (Å²) in [7, 11) is 1.62. The molecule has 1 aliphatic heterocycles. The fraction of sp³-hybridized carbons (Fsp3) is 0.476. The average molecular weight is 400 g/mol. The maximum Gasteiger partial charge on any atom is 0.411 e. The van der Waals surface area contributed by atoms with Crippen LogP contribution in [0.4, 0.5) is 10.5 Å². The number of amides is 2. The molecular weight excluding hydrogens is 372 g/mol. The van der Waals surface area contributed by atoms with E-state index in [-0.39, 0.29) is 5.91 Å². The Labute approximate surface area is 170 Å². The number of carbonyl (C=O) groups is 2. The van der Waals surface area contributed by atoms with Crippen LogP contribution in [0.1, 0.15) is 37.9 Å². The van der Waals surface area contributed by atoms with Crippen LogP contribution < -0.4 is 5.32 Å². The molecule has 1 aromatic heterocycles. The molecule has 156 valence electrons. The Hall–Kier alpha value is -2.87. The topological polar surface area (TPSA) is 85.7 Å². The number of hydrogen-bond donors (Lipinski definition) is 1. The SMILES string of the molecule is COCCn1cc(NC(=O)[C@H]2c3ccccc3CCN2C(=O)OC(C)(C)C)cn1. The van der Waals surface area contributed by atoms with Crippen molar-refractivity contribution in [3.63, 3.8) is 0 Å². The molecular formula is C21H28N4O4. The minimum atomic E-state index is -0.767. The third-order valence-electron chi connectivity index (χ3n) is 4.59. The molecule has 2 amide bonds. The molecule has 8 nitrogen and oxygen atoms in total. The molecule has 0 radical (unpaired) electrons. The summed E-state index contributed by atoms with van der Waals surface area (Å²) < 4.78 is 12.3. The van der Waals surface area contributed by atoms with Crippen molar-refractivity contribution < 1.29 is 19.1 Å². The normalized spacial score (nSPS) is 16.3. The molecule has 1 aromatic carbocycles. The minimum Gasteiger partial charge on any atom is -0.444 e. The zero-order valence-electron chi connectivity index (χ0n) is 17.3. The third kappa shape index (κ3) is 5.14. The molecule has 1 aliphatic rings. The van der Waals surface area contributed by atoms with Gasteiger partial charge in [0.15, 0.2) is 0 Å². The zero-order chi connectivity index (χ0) is 21.0. The molecule has 2 aromatic rings. The molecule has 2 heterocycles. The van der Waals surface area contributed by atoms with E-state index in [2.05, 4.69) is 10.4 Å². The number of fused-ring (bicyclic) bond motifs is 1. The van der Waals surface area contributed by atoms with Crippen LogP contribution in [0.3, 0.4) is 0 Å². The Balaban J connectivity index is 1.83. The molecule has 0 unspecified atom stereocenters. The van der Waals surface area contributed by atoms with Crippen molar-refractivity contribution >= 4 is 17.7 Å². The lowest BCUT2D eigenvalue weighted by Crippen LogP contribution is -2.47. The molecule has 0 bridgehead atoms. The van der Waals surface area contributed by atoms with Gasteiger partial charge in [0.1, 0.15) is 11.6 Å². The van der Waals surface area contributed by atoms with E-state index in [4.69, 9.17) is 9.47 Å². The number of nitrogens with zero attached hydrogens (tertiary/aromatic N) is 3. The Kier molecular flexibility index (Phi) is 6.22. The van der Waals surface area contributed by atoms with Crippen molar-refractivity contribution in [1.82, 2.24) is 14.7 Å². The molecule has 8 heteroatoms. The first-order valence-corrected chi connectivity index (χ1v) is 9.68.